The Labute approximate surface area is 127 Å². The third-order valence-electron chi connectivity index (χ3n) is 4.30. The number of amides is 1. The van der Waals surface area contributed by atoms with Crippen LogP contribution >= 0.6 is 12.4 Å². The highest BCUT2D eigenvalue weighted by atomic mass is 35.5. The van der Waals surface area contributed by atoms with Crippen LogP contribution < -0.4 is 11.1 Å². The molecule has 1 saturated carbocycles. The molecule has 0 aromatic heterocycles. The van der Waals surface area contributed by atoms with Gasteiger partial charge < -0.3 is 11.1 Å². The quantitative estimate of drug-likeness (QED) is 0.818. The van der Waals surface area contributed by atoms with Crippen molar-refractivity contribution in [2.45, 2.75) is 52.0 Å². The minimum atomic E-state index is -0.0688. The normalized spacial score (nSPS) is 25.6. The molecule has 0 spiro atoms. The fourth-order valence-corrected chi connectivity index (χ4v) is 2.75. The summed E-state index contributed by atoms with van der Waals surface area (Å²) in [4.78, 5) is 12.4. The summed E-state index contributed by atoms with van der Waals surface area (Å²) in [5.41, 5.74) is 8.00. The Morgan fingerprint density at radius 3 is 2.55 bits per heavy atom. The first-order valence-electron chi connectivity index (χ1n) is 7.08. The lowest BCUT2D eigenvalue weighted by molar-refractivity contribution is 0.0869. The molecule has 0 unspecified atom stereocenters. The third kappa shape index (κ3) is 3.89. The number of rotatable bonds is 2. The molecule has 4 heteroatoms. The molecule has 0 aliphatic heterocycles. The largest absolute Gasteiger partial charge is 0.399 e. The first-order valence-corrected chi connectivity index (χ1v) is 7.08. The lowest BCUT2D eigenvalue weighted by atomic mass is 9.78. The van der Waals surface area contributed by atoms with Gasteiger partial charge in [-0.1, -0.05) is 13.0 Å². The number of hydrogen-bond acceptors (Lipinski definition) is 2. The number of aryl methyl sites for hydroxylation is 1. The smallest absolute Gasteiger partial charge is 0.252 e. The van der Waals surface area contributed by atoms with Crippen LogP contribution in [0.3, 0.4) is 0 Å². The van der Waals surface area contributed by atoms with Crippen LogP contribution in [0, 0.1) is 12.8 Å². The Bertz CT molecular complexity index is 479. The third-order valence-corrected chi connectivity index (χ3v) is 4.30. The number of carbonyl (C=O) groups excluding carboxylic acids is 1. The second kappa shape index (κ2) is 6.49. The van der Waals surface area contributed by atoms with E-state index in [4.69, 9.17) is 5.73 Å². The van der Waals surface area contributed by atoms with E-state index < -0.39 is 0 Å². The topological polar surface area (TPSA) is 55.1 Å². The zero-order chi connectivity index (χ0) is 14.0. The molecule has 0 saturated heterocycles. The standard InChI is InChI=1S/C16H24N2O.ClH/c1-11-6-8-16(3,9-7-11)18-15(19)14-10-13(17)5-4-12(14)2;/h4-5,10-11H,6-9,17H2,1-3H3,(H,18,19);1H. The SMILES string of the molecule is Cc1ccc(N)cc1C(=O)NC1(C)CCC(C)CC1.Cl. The summed E-state index contributed by atoms with van der Waals surface area (Å²) in [6.07, 6.45) is 4.49. The van der Waals surface area contributed by atoms with E-state index in [0.29, 0.717) is 11.3 Å². The summed E-state index contributed by atoms with van der Waals surface area (Å²) < 4.78 is 0. The fourth-order valence-electron chi connectivity index (χ4n) is 2.75. The molecule has 1 aromatic rings. The molecule has 2 rings (SSSR count). The monoisotopic (exact) mass is 296 g/mol. The Balaban J connectivity index is 0.00000200. The van der Waals surface area contributed by atoms with Crippen molar-refractivity contribution < 1.29 is 4.79 Å². The van der Waals surface area contributed by atoms with Crippen LogP contribution in [-0.2, 0) is 0 Å². The maximum atomic E-state index is 12.4. The Morgan fingerprint density at radius 2 is 1.95 bits per heavy atom. The predicted molar refractivity (Wildman–Crippen MR) is 86.3 cm³/mol. The number of nitrogens with two attached hydrogens (primary N) is 1. The van der Waals surface area contributed by atoms with Crippen LogP contribution in [0.25, 0.3) is 0 Å². The van der Waals surface area contributed by atoms with Gasteiger partial charge in [-0.25, -0.2) is 0 Å². The van der Waals surface area contributed by atoms with Crippen molar-refractivity contribution in [3.05, 3.63) is 29.3 Å². The number of halogens is 1. The molecule has 0 atom stereocenters. The van der Waals surface area contributed by atoms with Gasteiger partial charge in [-0.15, -0.1) is 12.4 Å². The van der Waals surface area contributed by atoms with E-state index >= 15 is 0 Å². The highest BCUT2D eigenvalue weighted by molar-refractivity contribution is 5.96. The van der Waals surface area contributed by atoms with Crippen molar-refractivity contribution in [1.82, 2.24) is 5.32 Å². The summed E-state index contributed by atoms with van der Waals surface area (Å²) in [7, 11) is 0. The molecule has 1 amide bonds. The van der Waals surface area contributed by atoms with Crippen molar-refractivity contribution in [1.29, 1.82) is 0 Å². The predicted octanol–water partition coefficient (Wildman–Crippen LogP) is 3.70. The molecule has 0 radical (unpaired) electrons. The maximum Gasteiger partial charge on any atom is 0.252 e. The molecule has 1 aromatic carbocycles. The minimum absolute atomic E-state index is 0. The van der Waals surface area contributed by atoms with E-state index in [9.17, 15) is 4.79 Å². The van der Waals surface area contributed by atoms with Crippen molar-refractivity contribution in [2.75, 3.05) is 5.73 Å². The molecule has 20 heavy (non-hydrogen) atoms. The first kappa shape index (κ1) is 16.8. The van der Waals surface area contributed by atoms with E-state index in [1.807, 2.05) is 19.1 Å². The van der Waals surface area contributed by atoms with Gasteiger partial charge in [0.25, 0.3) is 5.91 Å². The summed E-state index contributed by atoms with van der Waals surface area (Å²) in [6.45, 7) is 6.38. The molecule has 0 bridgehead atoms. The van der Waals surface area contributed by atoms with Crippen molar-refractivity contribution in [3.63, 3.8) is 0 Å². The van der Waals surface area contributed by atoms with Crippen LogP contribution in [-0.4, -0.2) is 11.4 Å². The van der Waals surface area contributed by atoms with Crippen molar-refractivity contribution in [3.8, 4) is 0 Å². The first-order chi connectivity index (χ1) is 8.89. The number of anilines is 1. The van der Waals surface area contributed by atoms with Gasteiger partial charge in [0, 0.05) is 16.8 Å². The number of nitrogen functional groups attached to an aromatic ring is 1. The van der Waals surface area contributed by atoms with Crippen molar-refractivity contribution >= 4 is 24.0 Å². The van der Waals surface area contributed by atoms with E-state index in [1.165, 1.54) is 12.8 Å². The van der Waals surface area contributed by atoms with Crippen LogP contribution in [0.1, 0.15) is 55.5 Å². The lowest BCUT2D eigenvalue weighted by Gasteiger charge is -2.37. The second-order valence-corrected chi connectivity index (χ2v) is 6.27. The fraction of sp³-hybridized carbons (Fsp3) is 0.562. The van der Waals surface area contributed by atoms with Gasteiger partial charge in [-0.05, 0) is 63.1 Å². The average Bonchev–Trinajstić information content (AvgIpc) is 2.36. The number of hydrogen-bond donors (Lipinski definition) is 2. The Kier molecular flexibility index (Phi) is 5.46. The van der Waals surface area contributed by atoms with Crippen LogP contribution in [0.2, 0.25) is 0 Å². The van der Waals surface area contributed by atoms with Crippen molar-refractivity contribution in [2.24, 2.45) is 5.92 Å². The molecule has 1 aliphatic rings. The molecular weight excluding hydrogens is 272 g/mol. The molecule has 1 fully saturated rings. The van der Waals surface area contributed by atoms with Gasteiger partial charge in [0.1, 0.15) is 0 Å². The Hall–Kier alpha value is -1.22. The van der Waals surface area contributed by atoms with E-state index in [2.05, 4.69) is 19.2 Å². The van der Waals surface area contributed by atoms with Gasteiger partial charge in [0.2, 0.25) is 0 Å². The molecule has 3 nitrogen and oxygen atoms in total. The second-order valence-electron chi connectivity index (χ2n) is 6.27. The van der Waals surface area contributed by atoms with Crippen LogP contribution in [0.15, 0.2) is 18.2 Å². The molecule has 1 aliphatic carbocycles. The highest BCUT2D eigenvalue weighted by Gasteiger charge is 2.31. The van der Waals surface area contributed by atoms with Gasteiger partial charge in [-0.2, -0.15) is 0 Å². The van der Waals surface area contributed by atoms with Gasteiger partial charge in [0.15, 0.2) is 0 Å². The molecular formula is C16H25ClN2O. The number of carbonyl (C=O) groups is 1. The average molecular weight is 297 g/mol. The van der Waals surface area contributed by atoms with Gasteiger partial charge in [0.05, 0.1) is 0 Å². The molecule has 0 heterocycles. The number of nitrogens with one attached hydrogen (secondary N) is 1. The summed E-state index contributed by atoms with van der Waals surface area (Å²) in [5.74, 6) is 0.779. The molecule has 3 N–H and O–H groups in total. The van der Waals surface area contributed by atoms with Gasteiger partial charge >= 0.3 is 0 Å². The summed E-state index contributed by atoms with van der Waals surface area (Å²) >= 11 is 0. The van der Waals surface area contributed by atoms with Crippen LogP contribution in [0.5, 0.6) is 0 Å². The van der Waals surface area contributed by atoms with E-state index in [1.54, 1.807) is 6.07 Å². The summed E-state index contributed by atoms with van der Waals surface area (Å²) in [6, 6.07) is 5.49. The van der Waals surface area contributed by atoms with Crippen LogP contribution in [0.4, 0.5) is 5.69 Å². The zero-order valence-corrected chi connectivity index (χ0v) is 13.3. The van der Waals surface area contributed by atoms with E-state index in [0.717, 1.165) is 24.3 Å². The zero-order valence-electron chi connectivity index (χ0n) is 12.5. The minimum Gasteiger partial charge on any atom is -0.399 e. The highest BCUT2D eigenvalue weighted by Crippen LogP contribution is 2.31. The number of benzene rings is 1. The maximum absolute atomic E-state index is 12.4. The van der Waals surface area contributed by atoms with E-state index in [-0.39, 0.29) is 23.9 Å². The van der Waals surface area contributed by atoms with Gasteiger partial charge in [-0.3, -0.25) is 4.79 Å². The molecule has 112 valence electrons. The summed E-state index contributed by atoms with van der Waals surface area (Å²) in [5, 5.41) is 3.21. The Morgan fingerprint density at radius 1 is 1.35 bits per heavy atom. The lowest BCUT2D eigenvalue weighted by Crippen LogP contribution is -2.48.